The van der Waals surface area contributed by atoms with E-state index in [0.717, 1.165) is 17.7 Å². The molecule has 18 heavy (non-hydrogen) atoms. The number of ether oxygens (including phenoxy) is 1. The van der Waals surface area contributed by atoms with Gasteiger partial charge in [-0.25, -0.2) is 4.98 Å². The monoisotopic (exact) mass is 250 g/mol. The van der Waals surface area contributed by atoms with Crippen molar-refractivity contribution in [2.24, 2.45) is 0 Å². The van der Waals surface area contributed by atoms with Crippen molar-refractivity contribution in [3.05, 3.63) is 30.5 Å². The highest BCUT2D eigenvalue weighted by Gasteiger charge is 2.05. The van der Waals surface area contributed by atoms with E-state index in [2.05, 4.69) is 9.93 Å². The third-order valence-electron chi connectivity index (χ3n) is 2.58. The first-order chi connectivity index (χ1) is 8.70. The predicted octanol–water partition coefficient (Wildman–Crippen LogP) is 2.44. The van der Waals surface area contributed by atoms with E-state index in [1.807, 2.05) is 25.1 Å². The molecule has 0 aliphatic rings. The minimum absolute atomic E-state index is 0.0210. The van der Waals surface area contributed by atoms with Gasteiger partial charge in [0.25, 0.3) is 5.88 Å². The molecule has 0 aliphatic carbocycles. The summed E-state index contributed by atoms with van der Waals surface area (Å²) in [5, 5.41) is 1.46. The number of fused-ring (bicyclic) bond motifs is 1. The largest absolute Gasteiger partial charge is 0.492 e. The molecule has 2 aromatic rings. The summed E-state index contributed by atoms with van der Waals surface area (Å²) in [6.45, 7) is 1.45. The predicted molar refractivity (Wildman–Crippen MR) is 67.5 cm³/mol. The molecule has 0 aliphatic heterocycles. The highest BCUT2D eigenvalue weighted by atomic mass is 19.3. The molecule has 0 saturated carbocycles. The van der Waals surface area contributed by atoms with Crippen LogP contribution in [0.3, 0.4) is 0 Å². The van der Waals surface area contributed by atoms with E-state index in [1.165, 1.54) is 6.20 Å². The number of aromatic nitrogens is 1. The van der Waals surface area contributed by atoms with Crippen LogP contribution < -0.4 is 9.68 Å². The number of likely N-dealkylation sites (N-methyl/N-ethyl adjacent to an activating group) is 1. The molecule has 0 bridgehead atoms. The Kier molecular flexibility index (Phi) is 3.94. The van der Waals surface area contributed by atoms with Crippen molar-refractivity contribution in [2.75, 3.05) is 27.2 Å². The molecular formula is C13H15FN2O2. The van der Waals surface area contributed by atoms with Crippen molar-refractivity contribution in [3.8, 4) is 11.6 Å². The van der Waals surface area contributed by atoms with Crippen LogP contribution >= 0.6 is 0 Å². The van der Waals surface area contributed by atoms with Crippen molar-refractivity contribution >= 4 is 10.8 Å². The normalized spacial score (nSPS) is 10.9. The summed E-state index contributed by atoms with van der Waals surface area (Å²) in [4.78, 5) is 9.56. The lowest BCUT2D eigenvalue weighted by Gasteiger charge is -2.11. The lowest BCUT2D eigenvalue weighted by atomic mass is 10.1. The molecule has 96 valence electrons. The maximum atomic E-state index is 12.2. The molecule has 0 unspecified atom stereocenters. The summed E-state index contributed by atoms with van der Waals surface area (Å²) >= 11 is 0. The Morgan fingerprint density at radius 1 is 1.28 bits per heavy atom. The molecule has 1 heterocycles. The van der Waals surface area contributed by atoms with E-state index in [0.29, 0.717) is 12.0 Å². The number of hydrogen-bond acceptors (Lipinski definition) is 4. The number of hydrogen-bond donors (Lipinski definition) is 0. The van der Waals surface area contributed by atoms with Gasteiger partial charge in [0.2, 0.25) is 0 Å². The Labute approximate surface area is 105 Å². The Hall–Kier alpha value is -1.88. The summed E-state index contributed by atoms with van der Waals surface area (Å²) in [5.74, 6) is 0.729. The second kappa shape index (κ2) is 5.64. The molecule has 1 aromatic carbocycles. The lowest BCUT2D eigenvalue weighted by molar-refractivity contribution is -0.00972. The molecular weight excluding hydrogens is 235 g/mol. The molecule has 4 nitrogen and oxygen atoms in total. The maximum absolute atomic E-state index is 12.2. The Morgan fingerprint density at radius 3 is 2.83 bits per heavy atom. The van der Waals surface area contributed by atoms with Gasteiger partial charge in [0.1, 0.15) is 12.4 Å². The van der Waals surface area contributed by atoms with E-state index in [4.69, 9.17) is 4.74 Å². The van der Waals surface area contributed by atoms with Crippen molar-refractivity contribution in [1.29, 1.82) is 0 Å². The van der Waals surface area contributed by atoms with Gasteiger partial charge >= 0.3 is 0 Å². The van der Waals surface area contributed by atoms with E-state index >= 15 is 0 Å². The van der Waals surface area contributed by atoms with Gasteiger partial charge in [-0.15, -0.1) is 0 Å². The summed E-state index contributed by atoms with van der Waals surface area (Å²) in [5.41, 5.74) is 0. The molecule has 0 fully saturated rings. The van der Waals surface area contributed by atoms with E-state index in [1.54, 1.807) is 18.2 Å². The molecule has 1 aromatic heterocycles. The summed E-state index contributed by atoms with van der Waals surface area (Å²) in [7, 11) is 3.97. The Balaban J connectivity index is 2.17. The van der Waals surface area contributed by atoms with Gasteiger partial charge in [-0.2, -0.15) is 0 Å². The van der Waals surface area contributed by atoms with Gasteiger partial charge in [0.15, 0.2) is 0 Å². The van der Waals surface area contributed by atoms with E-state index in [9.17, 15) is 4.53 Å². The highest BCUT2D eigenvalue weighted by Crippen LogP contribution is 2.26. The average Bonchev–Trinajstić information content (AvgIpc) is 2.37. The number of rotatable bonds is 5. The number of halogens is 1. The fourth-order valence-corrected chi connectivity index (χ4v) is 1.63. The van der Waals surface area contributed by atoms with Gasteiger partial charge in [-0.1, -0.05) is 0 Å². The van der Waals surface area contributed by atoms with Crippen LogP contribution in [-0.4, -0.2) is 37.1 Å². The van der Waals surface area contributed by atoms with Crippen LogP contribution in [0.2, 0.25) is 0 Å². The first-order valence-corrected chi connectivity index (χ1v) is 5.65. The summed E-state index contributed by atoms with van der Waals surface area (Å²) in [6, 6.07) is 7.15. The third kappa shape index (κ3) is 2.87. The molecule has 0 atom stereocenters. The van der Waals surface area contributed by atoms with Gasteiger partial charge < -0.3 is 9.64 Å². The minimum atomic E-state index is -0.0210. The summed E-state index contributed by atoms with van der Waals surface area (Å²) in [6.07, 6.45) is 1.50. The zero-order chi connectivity index (χ0) is 13.0. The van der Waals surface area contributed by atoms with Crippen molar-refractivity contribution in [3.63, 3.8) is 0 Å². The molecule has 2 rings (SSSR count). The van der Waals surface area contributed by atoms with Gasteiger partial charge in [0.05, 0.1) is 0 Å². The van der Waals surface area contributed by atoms with Crippen molar-refractivity contribution in [2.45, 2.75) is 0 Å². The topological polar surface area (TPSA) is 34.6 Å². The average molecular weight is 250 g/mol. The Morgan fingerprint density at radius 2 is 2.11 bits per heavy atom. The van der Waals surface area contributed by atoms with Crippen LogP contribution in [0.4, 0.5) is 4.53 Å². The number of nitrogens with zero attached hydrogens (tertiary/aromatic N) is 2. The highest BCUT2D eigenvalue weighted by molar-refractivity contribution is 5.87. The van der Waals surface area contributed by atoms with Gasteiger partial charge in [0, 0.05) is 22.7 Å². The fourth-order valence-electron chi connectivity index (χ4n) is 1.63. The third-order valence-corrected chi connectivity index (χ3v) is 2.58. The van der Waals surface area contributed by atoms with Crippen LogP contribution in [0.5, 0.6) is 11.6 Å². The molecule has 0 N–H and O–H groups in total. The maximum Gasteiger partial charge on any atom is 0.270 e. The molecule has 0 amide bonds. The minimum Gasteiger partial charge on any atom is -0.492 e. The quantitative estimate of drug-likeness (QED) is 0.816. The number of pyridine rings is 1. The molecule has 0 radical (unpaired) electrons. The van der Waals surface area contributed by atoms with Crippen LogP contribution in [-0.2, 0) is 0 Å². The molecule has 5 heteroatoms. The fraction of sp³-hybridized carbons (Fsp3) is 0.308. The molecule has 0 spiro atoms. The van der Waals surface area contributed by atoms with Crippen LogP contribution in [0, 0.1) is 0 Å². The second-order valence-corrected chi connectivity index (χ2v) is 4.23. The van der Waals surface area contributed by atoms with Crippen molar-refractivity contribution < 1.29 is 14.2 Å². The zero-order valence-electron chi connectivity index (χ0n) is 10.4. The summed E-state index contributed by atoms with van der Waals surface area (Å²) < 4.78 is 17.8. The van der Waals surface area contributed by atoms with Crippen LogP contribution in [0.15, 0.2) is 30.5 Å². The number of benzene rings is 1. The Bertz CT molecular complexity index is 531. The van der Waals surface area contributed by atoms with Crippen LogP contribution in [0.25, 0.3) is 10.8 Å². The van der Waals surface area contributed by atoms with E-state index < -0.39 is 0 Å². The lowest BCUT2D eigenvalue weighted by Crippen LogP contribution is -2.19. The first kappa shape index (κ1) is 12.6. The smallest absolute Gasteiger partial charge is 0.270 e. The first-order valence-electron chi connectivity index (χ1n) is 5.65. The SMILES string of the molecule is CN(C)CCOc1ccc2c(OF)nccc2c1. The molecule has 0 saturated heterocycles. The second-order valence-electron chi connectivity index (χ2n) is 4.23. The van der Waals surface area contributed by atoms with E-state index in [-0.39, 0.29) is 5.88 Å². The van der Waals surface area contributed by atoms with Crippen LogP contribution in [0.1, 0.15) is 0 Å². The van der Waals surface area contributed by atoms with Gasteiger partial charge in [-0.05, 0) is 43.7 Å². The standard InChI is InChI=1S/C13H15FN2O2/c1-16(2)7-8-17-11-3-4-12-10(9-11)5-6-15-13(12)18-14/h3-6,9H,7-8H2,1-2H3. The van der Waals surface area contributed by atoms with Crippen molar-refractivity contribution in [1.82, 2.24) is 9.88 Å². The zero-order valence-corrected chi connectivity index (χ0v) is 10.4. The van der Waals surface area contributed by atoms with Gasteiger partial charge in [-0.3, -0.25) is 4.94 Å².